The van der Waals surface area contributed by atoms with Crippen molar-refractivity contribution in [2.45, 2.75) is 27.9 Å². The zero-order valence-corrected chi connectivity index (χ0v) is 29.6. The van der Waals surface area contributed by atoms with Crippen molar-refractivity contribution in [2.24, 2.45) is 0 Å². The first-order valence-corrected chi connectivity index (χ1v) is 18.4. The van der Waals surface area contributed by atoms with Crippen molar-refractivity contribution in [1.29, 1.82) is 0 Å². The van der Waals surface area contributed by atoms with Crippen molar-refractivity contribution in [3.63, 3.8) is 0 Å². The average Bonchev–Trinajstić information content (AvgIpc) is 3.63. The van der Waals surface area contributed by atoms with E-state index in [-0.39, 0.29) is 34.8 Å². The third kappa shape index (κ3) is 7.80. The highest BCUT2D eigenvalue weighted by Crippen LogP contribution is 2.39. The second kappa shape index (κ2) is 13.9. The Kier molecular flexibility index (Phi) is 9.88. The van der Waals surface area contributed by atoms with Gasteiger partial charge in [0.2, 0.25) is 11.8 Å². The van der Waals surface area contributed by atoms with Gasteiger partial charge in [-0.25, -0.2) is 9.97 Å². The molecule has 6 rings (SSSR count). The summed E-state index contributed by atoms with van der Waals surface area (Å²) in [6.07, 6.45) is 0. The van der Waals surface area contributed by atoms with Crippen molar-refractivity contribution < 1.29 is 19.8 Å². The summed E-state index contributed by atoms with van der Waals surface area (Å²) in [4.78, 5) is 34.4. The minimum atomic E-state index is -0.628. The number of carbonyl (C=O) groups is 2. The van der Waals surface area contributed by atoms with Crippen molar-refractivity contribution in [1.82, 2.24) is 9.97 Å². The van der Waals surface area contributed by atoms with Gasteiger partial charge in [0, 0.05) is 15.5 Å². The summed E-state index contributed by atoms with van der Waals surface area (Å²) in [7, 11) is 0. The maximum absolute atomic E-state index is 12.7. The van der Waals surface area contributed by atoms with E-state index in [0.29, 0.717) is 21.4 Å². The predicted molar refractivity (Wildman–Crippen MR) is 196 cm³/mol. The molecule has 6 aromatic rings. The van der Waals surface area contributed by atoms with E-state index in [9.17, 15) is 19.8 Å². The number of nitrogens with one attached hydrogen (secondary N) is 2. The van der Waals surface area contributed by atoms with E-state index in [1.165, 1.54) is 46.2 Å². The first-order chi connectivity index (χ1) is 22.4. The third-order valence-corrected chi connectivity index (χ3v) is 12.1. The van der Waals surface area contributed by atoms with Crippen molar-refractivity contribution in [3.8, 4) is 11.5 Å². The zero-order valence-electron chi connectivity index (χ0n) is 24.8. The molecule has 8 nitrogen and oxygen atoms in total. The molecule has 0 radical (unpaired) electrons. The maximum atomic E-state index is 12.7. The Bertz CT molecular complexity index is 2000. The fourth-order valence-corrected chi connectivity index (χ4v) is 8.76. The molecule has 0 bridgehead atoms. The van der Waals surface area contributed by atoms with E-state index in [1.807, 2.05) is 38.1 Å². The van der Waals surface area contributed by atoms with Crippen LogP contribution >= 0.6 is 69.4 Å². The Morgan fingerprint density at radius 3 is 1.53 bits per heavy atom. The summed E-state index contributed by atoms with van der Waals surface area (Å²) in [5.41, 5.74) is 3.06. The topological polar surface area (TPSA) is 124 Å². The fraction of sp³-hybridized carbons (Fsp3) is 0.152. The third-order valence-electron chi connectivity index (χ3n) is 7.30. The molecule has 2 heterocycles. The first kappa shape index (κ1) is 33.4. The number of amides is 2. The largest absolute Gasteiger partial charge is 0.506 e. The summed E-state index contributed by atoms with van der Waals surface area (Å²) in [5.74, 6) is -0.464. The lowest BCUT2D eigenvalue weighted by molar-refractivity contribution is -0.114. The van der Waals surface area contributed by atoms with Crippen LogP contribution in [0.2, 0.25) is 10.0 Å². The molecular formula is C33H26Cl2N4O4S4. The molecule has 240 valence electrons. The number of thioether (sulfide) groups is 2. The Morgan fingerprint density at radius 2 is 1.13 bits per heavy atom. The Morgan fingerprint density at radius 1 is 0.702 bits per heavy atom. The quantitative estimate of drug-likeness (QED) is 0.0809. The number of thiazole rings is 2. The van der Waals surface area contributed by atoms with E-state index < -0.39 is 5.41 Å². The number of hydrogen-bond donors (Lipinski definition) is 4. The standard InChI is InChI=1S/C33H26Cl2N4O4S4/c1-33(2,17-3-7-21(25(40)11-17)36-29(42)15-44-31-38-23-13-19(34)5-9-27(23)46-31)18-4-8-22(26(41)12-18)37-30(43)16-45-32-39-24-14-20(35)6-10-28(24)47-32/h3-14,40-41H,15-16H2,1-2H3,(H,36,42)(H,37,43). The molecule has 0 aliphatic rings. The number of anilines is 2. The minimum Gasteiger partial charge on any atom is -0.506 e. The number of rotatable bonds is 10. The van der Waals surface area contributed by atoms with Gasteiger partial charge in [0.05, 0.1) is 43.3 Å². The van der Waals surface area contributed by atoms with E-state index in [0.717, 1.165) is 40.2 Å². The second-order valence-corrected chi connectivity index (χ2v) is 16.3. The van der Waals surface area contributed by atoms with Crippen LogP contribution in [0.1, 0.15) is 25.0 Å². The number of carbonyl (C=O) groups excluding carboxylic acids is 2. The van der Waals surface area contributed by atoms with Gasteiger partial charge in [-0.3, -0.25) is 9.59 Å². The molecule has 0 aliphatic carbocycles. The molecule has 0 unspecified atom stereocenters. The van der Waals surface area contributed by atoms with Gasteiger partial charge >= 0.3 is 0 Å². The molecule has 0 spiro atoms. The summed E-state index contributed by atoms with van der Waals surface area (Å²) in [6, 6.07) is 21.1. The average molecular weight is 742 g/mol. The molecule has 2 amide bonds. The lowest BCUT2D eigenvalue weighted by atomic mass is 9.78. The van der Waals surface area contributed by atoms with Crippen molar-refractivity contribution in [2.75, 3.05) is 22.1 Å². The maximum Gasteiger partial charge on any atom is 0.234 e. The molecule has 0 saturated heterocycles. The lowest BCUT2D eigenvalue weighted by Crippen LogP contribution is -2.20. The van der Waals surface area contributed by atoms with Crippen LogP contribution in [0.4, 0.5) is 11.4 Å². The number of aromatic hydroxyl groups is 2. The highest BCUT2D eigenvalue weighted by molar-refractivity contribution is 8.02. The number of hydrogen-bond acceptors (Lipinski definition) is 10. The molecule has 0 saturated carbocycles. The molecule has 2 aromatic heterocycles. The van der Waals surface area contributed by atoms with Crippen LogP contribution in [0, 0.1) is 0 Å². The predicted octanol–water partition coefficient (Wildman–Crippen LogP) is 9.41. The molecule has 0 atom stereocenters. The van der Waals surface area contributed by atoms with Gasteiger partial charge in [-0.05, 0) is 71.8 Å². The van der Waals surface area contributed by atoms with Crippen molar-refractivity contribution >= 4 is 113 Å². The van der Waals surface area contributed by atoms with Crippen molar-refractivity contribution in [3.05, 3.63) is 94.0 Å². The molecule has 0 fully saturated rings. The van der Waals surface area contributed by atoms with E-state index in [4.69, 9.17) is 23.2 Å². The van der Waals surface area contributed by atoms with Crippen LogP contribution in [-0.4, -0.2) is 43.5 Å². The van der Waals surface area contributed by atoms with Gasteiger partial charge in [-0.2, -0.15) is 0 Å². The summed E-state index contributed by atoms with van der Waals surface area (Å²) >= 11 is 17.7. The normalized spacial score (nSPS) is 11.7. The van der Waals surface area contributed by atoms with Gasteiger partial charge in [0.15, 0.2) is 8.68 Å². The van der Waals surface area contributed by atoms with Gasteiger partial charge in [-0.15, -0.1) is 22.7 Å². The number of phenols is 2. The molecular weight excluding hydrogens is 716 g/mol. The van der Waals surface area contributed by atoms with Crippen LogP contribution in [0.3, 0.4) is 0 Å². The minimum absolute atomic E-state index is 0.0783. The number of benzene rings is 4. The molecule has 47 heavy (non-hydrogen) atoms. The molecule has 4 N–H and O–H groups in total. The van der Waals surface area contributed by atoms with E-state index >= 15 is 0 Å². The van der Waals surface area contributed by atoms with Gasteiger partial charge in [0.1, 0.15) is 11.5 Å². The van der Waals surface area contributed by atoms with E-state index in [2.05, 4.69) is 20.6 Å². The number of fused-ring (bicyclic) bond motifs is 2. The van der Waals surface area contributed by atoms with E-state index in [1.54, 1.807) is 48.5 Å². The zero-order chi connectivity index (χ0) is 33.3. The second-order valence-electron chi connectivity index (χ2n) is 10.9. The summed E-state index contributed by atoms with van der Waals surface area (Å²) in [5, 5.41) is 28.3. The number of nitrogens with zero attached hydrogens (tertiary/aromatic N) is 2. The van der Waals surface area contributed by atoms with Crippen LogP contribution in [0.15, 0.2) is 81.5 Å². The SMILES string of the molecule is CC(C)(c1ccc(NC(=O)CSc2nc3cc(Cl)ccc3s2)c(O)c1)c1ccc(NC(=O)CSc2nc3cc(Cl)ccc3s2)c(O)c1. The summed E-state index contributed by atoms with van der Waals surface area (Å²) in [6.45, 7) is 3.91. The first-order valence-electron chi connectivity index (χ1n) is 14.1. The lowest BCUT2D eigenvalue weighted by Gasteiger charge is -2.27. The summed E-state index contributed by atoms with van der Waals surface area (Å²) < 4.78 is 3.48. The van der Waals surface area contributed by atoms with Crippen LogP contribution in [0.5, 0.6) is 11.5 Å². The monoisotopic (exact) mass is 740 g/mol. The Balaban J connectivity index is 1.05. The molecule has 0 aliphatic heterocycles. The number of halogens is 2. The van der Waals surface area contributed by atoms with Gasteiger partial charge < -0.3 is 20.8 Å². The van der Waals surface area contributed by atoms with Gasteiger partial charge in [0.25, 0.3) is 0 Å². The highest BCUT2D eigenvalue weighted by Gasteiger charge is 2.26. The fourth-order valence-electron chi connectivity index (χ4n) is 4.73. The Hall–Kier alpha value is -3.52. The Labute approximate surface area is 296 Å². The van der Waals surface area contributed by atoms with Crippen LogP contribution < -0.4 is 10.6 Å². The van der Waals surface area contributed by atoms with Crippen LogP contribution in [0.25, 0.3) is 20.4 Å². The highest BCUT2D eigenvalue weighted by atomic mass is 35.5. The number of aromatic nitrogens is 2. The smallest absolute Gasteiger partial charge is 0.234 e. The number of phenolic OH excluding ortho intramolecular Hbond substituents is 2. The van der Waals surface area contributed by atoms with Crippen LogP contribution in [-0.2, 0) is 15.0 Å². The van der Waals surface area contributed by atoms with Gasteiger partial charge in [-0.1, -0.05) is 72.7 Å². The molecule has 14 heteroatoms. The molecule has 4 aromatic carbocycles.